The van der Waals surface area contributed by atoms with Crippen molar-refractivity contribution in [2.45, 2.75) is 32.1 Å². The van der Waals surface area contributed by atoms with Crippen molar-refractivity contribution in [3.63, 3.8) is 0 Å². The molecule has 0 radical (unpaired) electrons. The number of benzene rings is 1. The molecular weight excluding hydrogens is 182 g/mol. The molecule has 1 saturated heterocycles. The number of aryl methyl sites for hydroxylation is 1. The predicted molar refractivity (Wildman–Crippen MR) is 63.1 cm³/mol. The highest BCUT2D eigenvalue weighted by atomic mass is 14.9. The van der Waals surface area contributed by atoms with Crippen LogP contribution in [-0.4, -0.2) is 13.1 Å². The van der Waals surface area contributed by atoms with Crippen molar-refractivity contribution in [3.8, 4) is 0 Å². The molecule has 0 bridgehead atoms. The SMILES string of the molecule is Cc1ccc(C2CC23CCCNC3)cc1. The summed E-state index contributed by atoms with van der Waals surface area (Å²) in [6.45, 7) is 4.63. The van der Waals surface area contributed by atoms with Crippen molar-refractivity contribution >= 4 is 0 Å². The molecule has 1 nitrogen and oxygen atoms in total. The van der Waals surface area contributed by atoms with Crippen LogP contribution in [0.5, 0.6) is 0 Å². The zero-order valence-electron chi connectivity index (χ0n) is 9.42. The molecule has 2 atom stereocenters. The van der Waals surface area contributed by atoms with Crippen molar-refractivity contribution in [2.24, 2.45) is 5.41 Å². The van der Waals surface area contributed by atoms with Crippen LogP contribution in [0, 0.1) is 12.3 Å². The van der Waals surface area contributed by atoms with Crippen molar-refractivity contribution in [1.29, 1.82) is 0 Å². The second-order valence-corrected chi connectivity index (χ2v) is 5.31. The first-order valence-corrected chi connectivity index (χ1v) is 6.07. The van der Waals surface area contributed by atoms with E-state index in [1.54, 1.807) is 5.56 Å². The monoisotopic (exact) mass is 201 g/mol. The molecule has 3 rings (SSSR count). The minimum atomic E-state index is 0.632. The molecule has 1 heterocycles. The Morgan fingerprint density at radius 3 is 2.73 bits per heavy atom. The van der Waals surface area contributed by atoms with E-state index in [1.165, 1.54) is 37.9 Å². The Balaban J connectivity index is 1.77. The Labute approximate surface area is 91.9 Å². The predicted octanol–water partition coefficient (Wildman–Crippen LogP) is 2.85. The van der Waals surface area contributed by atoms with Crippen LogP contribution in [0.25, 0.3) is 0 Å². The second-order valence-electron chi connectivity index (χ2n) is 5.31. The minimum Gasteiger partial charge on any atom is -0.316 e. The zero-order valence-corrected chi connectivity index (χ0v) is 9.42. The van der Waals surface area contributed by atoms with Gasteiger partial charge in [-0.15, -0.1) is 0 Å². The average Bonchev–Trinajstić information content (AvgIpc) is 2.94. The smallest absolute Gasteiger partial charge is 0.00139 e. The highest BCUT2D eigenvalue weighted by molar-refractivity contribution is 5.32. The summed E-state index contributed by atoms with van der Waals surface area (Å²) in [6.07, 6.45) is 4.20. The Morgan fingerprint density at radius 2 is 2.07 bits per heavy atom. The van der Waals surface area contributed by atoms with Gasteiger partial charge in [-0.1, -0.05) is 29.8 Å². The first-order valence-electron chi connectivity index (χ1n) is 6.07. The molecule has 2 aliphatic rings. The highest BCUT2D eigenvalue weighted by Crippen LogP contribution is 2.62. The zero-order chi connectivity index (χ0) is 10.3. The van der Waals surface area contributed by atoms with Gasteiger partial charge in [0.2, 0.25) is 0 Å². The van der Waals surface area contributed by atoms with E-state index in [9.17, 15) is 0 Å². The van der Waals surface area contributed by atoms with Gasteiger partial charge < -0.3 is 5.32 Å². The summed E-state index contributed by atoms with van der Waals surface area (Å²) in [4.78, 5) is 0. The van der Waals surface area contributed by atoms with E-state index in [2.05, 4.69) is 36.5 Å². The summed E-state index contributed by atoms with van der Waals surface area (Å²) in [5, 5.41) is 3.55. The van der Waals surface area contributed by atoms with Gasteiger partial charge in [0.05, 0.1) is 0 Å². The maximum Gasteiger partial charge on any atom is 0.00139 e. The van der Waals surface area contributed by atoms with E-state index in [0.29, 0.717) is 5.41 Å². The lowest BCUT2D eigenvalue weighted by Gasteiger charge is -2.23. The number of piperidine rings is 1. The third-order valence-electron chi connectivity index (χ3n) is 4.17. The van der Waals surface area contributed by atoms with Crippen molar-refractivity contribution < 1.29 is 0 Å². The van der Waals surface area contributed by atoms with E-state index in [1.807, 2.05) is 0 Å². The van der Waals surface area contributed by atoms with Gasteiger partial charge in [0.1, 0.15) is 0 Å². The molecular formula is C14H19N. The molecule has 1 N–H and O–H groups in total. The molecule has 1 aliphatic carbocycles. The van der Waals surface area contributed by atoms with Gasteiger partial charge in [-0.25, -0.2) is 0 Å². The average molecular weight is 201 g/mol. The molecule has 2 unspecified atom stereocenters. The lowest BCUT2D eigenvalue weighted by atomic mass is 9.91. The number of nitrogens with one attached hydrogen (secondary N) is 1. The molecule has 1 saturated carbocycles. The second kappa shape index (κ2) is 3.34. The van der Waals surface area contributed by atoms with Crippen molar-refractivity contribution in [1.82, 2.24) is 5.32 Å². The summed E-state index contributed by atoms with van der Waals surface area (Å²) in [7, 11) is 0. The summed E-state index contributed by atoms with van der Waals surface area (Å²) < 4.78 is 0. The standard InChI is InChI=1S/C14H19N/c1-11-3-5-12(6-4-11)13-9-14(13)7-2-8-15-10-14/h3-6,13,15H,2,7-10H2,1H3. The van der Waals surface area contributed by atoms with Gasteiger partial charge in [-0.2, -0.15) is 0 Å². The van der Waals surface area contributed by atoms with Gasteiger partial charge in [0, 0.05) is 6.54 Å². The Bertz CT molecular complexity index is 346. The third kappa shape index (κ3) is 1.59. The topological polar surface area (TPSA) is 12.0 Å². The number of hydrogen-bond donors (Lipinski definition) is 1. The van der Waals surface area contributed by atoms with Gasteiger partial charge in [-0.3, -0.25) is 0 Å². The van der Waals surface area contributed by atoms with Crippen LogP contribution < -0.4 is 5.32 Å². The van der Waals surface area contributed by atoms with E-state index in [0.717, 1.165) is 5.92 Å². The third-order valence-corrected chi connectivity index (χ3v) is 4.17. The lowest BCUT2D eigenvalue weighted by molar-refractivity contribution is 0.347. The summed E-state index contributed by atoms with van der Waals surface area (Å²) >= 11 is 0. The molecule has 2 fully saturated rings. The molecule has 0 amide bonds. The maximum absolute atomic E-state index is 3.55. The molecule has 0 aromatic heterocycles. The fraction of sp³-hybridized carbons (Fsp3) is 0.571. The quantitative estimate of drug-likeness (QED) is 0.736. The number of hydrogen-bond acceptors (Lipinski definition) is 1. The van der Waals surface area contributed by atoms with Crippen LogP contribution in [0.4, 0.5) is 0 Å². The fourth-order valence-corrected chi connectivity index (χ4v) is 3.08. The lowest BCUT2D eigenvalue weighted by Crippen LogP contribution is -2.31. The van der Waals surface area contributed by atoms with Crippen molar-refractivity contribution in [3.05, 3.63) is 35.4 Å². The van der Waals surface area contributed by atoms with Crippen LogP contribution in [0.3, 0.4) is 0 Å². The Kier molecular flexibility index (Phi) is 2.10. The van der Waals surface area contributed by atoms with Crippen molar-refractivity contribution in [2.75, 3.05) is 13.1 Å². The van der Waals surface area contributed by atoms with E-state index in [-0.39, 0.29) is 0 Å². The van der Waals surface area contributed by atoms with E-state index >= 15 is 0 Å². The molecule has 1 aromatic carbocycles. The van der Waals surface area contributed by atoms with Gasteiger partial charge >= 0.3 is 0 Å². The van der Waals surface area contributed by atoms with Gasteiger partial charge in [0.25, 0.3) is 0 Å². The molecule has 15 heavy (non-hydrogen) atoms. The number of rotatable bonds is 1. The molecule has 80 valence electrons. The Hall–Kier alpha value is -0.820. The summed E-state index contributed by atoms with van der Waals surface area (Å²) in [5.74, 6) is 0.839. The first kappa shape index (κ1) is 9.41. The molecule has 1 aliphatic heterocycles. The van der Waals surface area contributed by atoms with E-state index < -0.39 is 0 Å². The van der Waals surface area contributed by atoms with Crippen LogP contribution >= 0.6 is 0 Å². The van der Waals surface area contributed by atoms with Crippen LogP contribution in [0.1, 0.15) is 36.3 Å². The summed E-state index contributed by atoms with van der Waals surface area (Å²) in [5.41, 5.74) is 3.56. The first-order chi connectivity index (χ1) is 7.30. The van der Waals surface area contributed by atoms with E-state index in [4.69, 9.17) is 0 Å². The molecule has 1 heteroatoms. The van der Waals surface area contributed by atoms with Crippen LogP contribution in [0.15, 0.2) is 24.3 Å². The largest absolute Gasteiger partial charge is 0.316 e. The fourth-order valence-electron chi connectivity index (χ4n) is 3.08. The van der Waals surface area contributed by atoms with Crippen LogP contribution in [-0.2, 0) is 0 Å². The Morgan fingerprint density at radius 1 is 1.27 bits per heavy atom. The van der Waals surface area contributed by atoms with Gasteiger partial charge in [0.15, 0.2) is 0 Å². The minimum absolute atomic E-state index is 0.632. The maximum atomic E-state index is 3.55. The normalized spacial score (nSPS) is 34.3. The summed E-state index contributed by atoms with van der Waals surface area (Å²) in [6, 6.07) is 9.14. The molecule has 1 spiro atoms. The van der Waals surface area contributed by atoms with Gasteiger partial charge in [-0.05, 0) is 49.6 Å². The van der Waals surface area contributed by atoms with Crippen LogP contribution in [0.2, 0.25) is 0 Å². The highest BCUT2D eigenvalue weighted by Gasteiger charge is 2.54. The molecule has 1 aromatic rings.